The van der Waals surface area contributed by atoms with Crippen molar-refractivity contribution in [3.63, 3.8) is 0 Å². The van der Waals surface area contributed by atoms with E-state index in [0.717, 1.165) is 34.4 Å². The highest BCUT2D eigenvalue weighted by Crippen LogP contribution is 2.34. The highest BCUT2D eigenvalue weighted by molar-refractivity contribution is 6.09. The van der Waals surface area contributed by atoms with Gasteiger partial charge >= 0.3 is 6.03 Å². The van der Waals surface area contributed by atoms with Crippen LogP contribution < -0.4 is 10.6 Å². The zero-order valence-corrected chi connectivity index (χ0v) is 16.9. The van der Waals surface area contributed by atoms with Crippen LogP contribution in [-0.4, -0.2) is 29.3 Å². The molecule has 1 heterocycles. The summed E-state index contributed by atoms with van der Waals surface area (Å²) in [5, 5.41) is 5.65. The Balaban J connectivity index is 1.71. The Morgan fingerprint density at radius 2 is 1.76 bits per heavy atom. The van der Waals surface area contributed by atoms with Crippen molar-refractivity contribution in [3.8, 4) is 0 Å². The first-order chi connectivity index (χ1) is 14.0. The summed E-state index contributed by atoms with van der Waals surface area (Å²) < 4.78 is 0. The van der Waals surface area contributed by atoms with Gasteiger partial charge in [0.05, 0.1) is 0 Å². The number of hydrogen-bond acceptors (Lipinski definition) is 3. The number of benzene rings is 2. The summed E-state index contributed by atoms with van der Waals surface area (Å²) in [6, 6.07) is 16.5. The molecule has 3 rings (SSSR count). The molecule has 6 nitrogen and oxygen atoms in total. The van der Waals surface area contributed by atoms with Crippen LogP contribution in [0.5, 0.6) is 0 Å². The van der Waals surface area contributed by atoms with Crippen LogP contribution in [0.15, 0.2) is 54.6 Å². The number of imide groups is 1. The predicted molar refractivity (Wildman–Crippen MR) is 111 cm³/mol. The first-order valence-electron chi connectivity index (χ1n) is 9.98. The monoisotopic (exact) mass is 393 g/mol. The van der Waals surface area contributed by atoms with E-state index >= 15 is 0 Å². The van der Waals surface area contributed by atoms with E-state index in [0.29, 0.717) is 13.0 Å². The SMILES string of the molecule is CCCCC1(c2ccccc2)NC(=O)N(CC(=O)NCc2ccc(C)cc2)C1=O. The molecule has 0 saturated carbocycles. The molecule has 0 aromatic heterocycles. The number of rotatable bonds is 8. The van der Waals surface area contributed by atoms with Crippen LogP contribution in [0.2, 0.25) is 0 Å². The van der Waals surface area contributed by atoms with Gasteiger partial charge in [0.25, 0.3) is 5.91 Å². The van der Waals surface area contributed by atoms with Crippen molar-refractivity contribution in [2.75, 3.05) is 6.54 Å². The smallest absolute Gasteiger partial charge is 0.325 e. The van der Waals surface area contributed by atoms with E-state index in [1.165, 1.54) is 0 Å². The summed E-state index contributed by atoms with van der Waals surface area (Å²) in [6.07, 6.45) is 2.18. The van der Waals surface area contributed by atoms with Crippen molar-refractivity contribution < 1.29 is 14.4 Å². The maximum Gasteiger partial charge on any atom is 0.325 e. The van der Waals surface area contributed by atoms with Gasteiger partial charge in [-0.1, -0.05) is 79.9 Å². The second-order valence-corrected chi connectivity index (χ2v) is 7.46. The van der Waals surface area contributed by atoms with Crippen molar-refractivity contribution in [2.45, 2.75) is 45.2 Å². The summed E-state index contributed by atoms with van der Waals surface area (Å²) in [4.78, 5) is 39.3. The number of aryl methyl sites for hydroxylation is 1. The number of carbonyl (C=O) groups is 3. The Kier molecular flexibility index (Phi) is 6.32. The van der Waals surface area contributed by atoms with Gasteiger partial charge in [-0.15, -0.1) is 0 Å². The summed E-state index contributed by atoms with van der Waals surface area (Å²) in [5.74, 6) is -0.735. The van der Waals surface area contributed by atoms with E-state index < -0.39 is 11.6 Å². The van der Waals surface area contributed by atoms with Crippen LogP contribution in [0.4, 0.5) is 4.79 Å². The quantitative estimate of drug-likeness (QED) is 0.676. The summed E-state index contributed by atoms with van der Waals surface area (Å²) >= 11 is 0. The number of nitrogens with zero attached hydrogens (tertiary/aromatic N) is 1. The molecule has 0 radical (unpaired) electrons. The third-order valence-electron chi connectivity index (χ3n) is 5.26. The predicted octanol–water partition coefficient (Wildman–Crippen LogP) is 3.25. The Morgan fingerprint density at radius 3 is 2.41 bits per heavy atom. The molecule has 1 saturated heterocycles. The largest absolute Gasteiger partial charge is 0.350 e. The minimum absolute atomic E-state index is 0.294. The Labute approximate surface area is 171 Å². The lowest BCUT2D eigenvalue weighted by atomic mass is 9.85. The average Bonchev–Trinajstić information content (AvgIpc) is 2.97. The number of nitrogens with one attached hydrogen (secondary N) is 2. The topological polar surface area (TPSA) is 78.5 Å². The second-order valence-electron chi connectivity index (χ2n) is 7.46. The number of carbonyl (C=O) groups excluding carboxylic acids is 3. The molecule has 0 aliphatic carbocycles. The fraction of sp³-hybridized carbons (Fsp3) is 0.348. The third-order valence-corrected chi connectivity index (χ3v) is 5.26. The molecule has 0 spiro atoms. The number of urea groups is 1. The lowest BCUT2D eigenvalue weighted by Crippen LogP contribution is -2.45. The number of unbranched alkanes of at least 4 members (excludes halogenated alkanes) is 1. The van der Waals surface area contributed by atoms with Gasteiger partial charge in [0, 0.05) is 6.54 Å². The van der Waals surface area contributed by atoms with Crippen molar-refractivity contribution in [1.82, 2.24) is 15.5 Å². The molecule has 2 aromatic carbocycles. The molecule has 2 aromatic rings. The van der Waals surface area contributed by atoms with Crippen LogP contribution in [0.1, 0.15) is 42.9 Å². The maximum atomic E-state index is 13.3. The fourth-order valence-corrected chi connectivity index (χ4v) is 3.55. The van der Waals surface area contributed by atoms with Gasteiger partial charge in [-0.3, -0.25) is 14.5 Å². The second kappa shape index (κ2) is 8.90. The van der Waals surface area contributed by atoms with E-state index in [1.807, 2.05) is 68.4 Å². The van der Waals surface area contributed by atoms with Crippen LogP contribution in [0, 0.1) is 6.92 Å². The molecule has 1 unspecified atom stereocenters. The maximum absolute atomic E-state index is 13.3. The van der Waals surface area contributed by atoms with Crippen molar-refractivity contribution in [3.05, 3.63) is 71.3 Å². The Morgan fingerprint density at radius 1 is 1.07 bits per heavy atom. The van der Waals surface area contributed by atoms with Gasteiger partial charge in [-0.2, -0.15) is 0 Å². The molecule has 29 heavy (non-hydrogen) atoms. The number of hydrogen-bond donors (Lipinski definition) is 2. The lowest BCUT2D eigenvalue weighted by molar-refractivity contribution is -0.135. The Bertz CT molecular complexity index is 880. The molecule has 2 N–H and O–H groups in total. The lowest BCUT2D eigenvalue weighted by Gasteiger charge is -2.27. The van der Waals surface area contributed by atoms with Gasteiger partial charge in [0.1, 0.15) is 12.1 Å². The van der Waals surface area contributed by atoms with Crippen molar-refractivity contribution >= 4 is 17.8 Å². The third kappa shape index (κ3) is 4.47. The zero-order valence-electron chi connectivity index (χ0n) is 16.9. The van der Waals surface area contributed by atoms with Crippen LogP contribution >= 0.6 is 0 Å². The van der Waals surface area contributed by atoms with Gasteiger partial charge in [-0.05, 0) is 24.5 Å². The molecule has 0 bridgehead atoms. The fourth-order valence-electron chi connectivity index (χ4n) is 3.55. The number of amides is 4. The molecular weight excluding hydrogens is 366 g/mol. The highest BCUT2D eigenvalue weighted by atomic mass is 16.2. The summed E-state index contributed by atoms with van der Waals surface area (Å²) in [7, 11) is 0. The standard InChI is InChI=1S/C23H27N3O3/c1-3-4-14-23(19-8-6-5-7-9-19)21(28)26(22(29)25-23)16-20(27)24-15-18-12-10-17(2)11-13-18/h5-13H,3-4,14-16H2,1-2H3,(H,24,27)(H,25,29). The van der Waals surface area contributed by atoms with Crippen LogP contribution in [0.3, 0.4) is 0 Å². The van der Waals surface area contributed by atoms with E-state index in [9.17, 15) is 14.4 Å². The van der Waals surface area contributed by atoms with E-state index in [4.69, 9.17) is 0 Å². The van der Waals surface area contributed by atoms with E-state index in [1.54, 1.807) is 0 Å². The molecular formula is C23H27N3O3. The van der Waals surface area contributed by atoms with Crippen molar-refractivity contribution in [1.29, 1.82) is 0 Å². The van der Waals surface area contributed by atoms with Gasteiger partial charge < -0.3 is 10.6 Å². The van der Waals surface area contributed by atoms with E-state index in [-0.39, 0.29) is 18.4 Å². The van der Waals surface area contributed by atoms with Crippen molar-refractivity contribution in [2.24, 2.45) is 0 Å². The normalized spacial score (nSPS) is 18.6. The van der Waals surface area contributed by atoms with Crippen LogP contribution in [0.25, 0.3) is 0 Å². The molecule has 6 heteroatoms. The molecule has 1 fully saturated rings. The summed E-state index contributed by atoms with van der Waals surface area (Å²) in [5.41, 5.74) is 1.74. The average molecular weight is 393 g/mol. The molecule has 1 aliphatic rings. The Hall–Kier alpha value is -3.15. The van der Waals surface area contributed by atoms with E-state index in [2.05, 4.69) is 10.6 Å². The molecule has 1 atom stereocenters. The van der Waals surface area contributed by atoms with Gasteiger partial charge in [-0.25, -0.2) is 4.79 Å². The molecule has 1 aliphatic heterocycles. The minimum Gasteiger partial charge on any atom is -0.350 e. The van der Waals surface area contributed by atoms with Gasteiger partial charge in [0.15, 0.2) is 0 Å². The first kappa shape index (κ1) is 20.6. The highest BCUT2D eigenvalue weighted by Gasteiger charge is 2.52. The first-order valence-corrected chi connectivity index (χ1v) is 9.98. The molecule has 4 amide bonds. The summed E-state index contributed by atoms with van der Waals surface area (Å²) in [6.45, 7) is 4.09. The molecule has 152 valence electrons. The van der Waals surface area contributed by atoms with Gasteiger partial charge in [0.2, 0.25) is 5.91 Å². The zero-order chi connectivity index (χ0) is 20.9. The minimum atomic E-state index is -1.11. The van der Waals surface area contributed by atoms with Crippen LogP contribution in [-0.2, 0) is 21.7 Å².